The number of aliphatic hydroxyl groups excluding tert-OH is 2. The molecule has 2 atom stereocenters. The van der Waals surface area contributed by atoms with Gasteiger partial charge in [-0.3, -0.25) is 0 Å². The second-order valence-electron chi connectivity index (χ2n) is 5.49. The largest absolute Gasteiger partial charge is 0.377 e. The lowest BCUT2D eigenvalue weighted by Crippen LogP contribution is -1.95. The van der Waals surface area contributed by atoms with Gasteiger partial charge in [-0.1, -0.05) is 62.5 Å². The molecule has 0 bridgehead atoms. The van der Waals surface area contributed by atoms with Crippen LogP contribution in [0.5, 0.6) is 0 Å². The standard InChI is InChI=1S/C20H30O2/c1-3-19(21)17-15-13-11-9-7-5-6-8-10-12-14-16-18-20(22)4-2/h1-2,15-22H,5-14H2/b17-15+,18-16+. The van der Waals surface area contributed by atoms with E-state index in [1.165, 1.54) is 38.5 Å². The van der Waals surface area contributed by atoms with Gasteiger partial charge in [0.15, 0.2) is 0 Å². The molecule has 0 saturated heterocycles. The topological polar surface area (TPSA) is 40.5 Å². The highest BCUT2D eigenvalue weighted by atomic mass is 16.3. The number of terminal acetylenes is 2. The maximum atomic E-state index is 9.13. The quantitative estimate of drug-likeness (QED) is 0.307. The van der Waals surface area contributed by atoms with Crippen LogP contribution < -0.4 is 0 Å². The van der Waals surface area contributed by atoms with Crippen LogP contribution >= 0.6 is 0 Å². The van der Waals surface area contributed by atoms with Crippen LogP contribution in [-0.4, -0.2) is 22.4 Å². The van der Waals surface area contributed by atoms with Gasteiger partial charge < -0.3 is 10.2 Å². The summed E-state index contributed by atoms with van der Waals surface area (Å²) in [4.78, 5) is 0. The van der Waals surface area contributed by atoms with Gasteiger partial charge in [-0.05, 0) is 37.8 Å². The molecular weight excluding hydrogens is 272 g/mol. The highest BCUT2D eigenvalue weighted by Gasteiger charge is 1.93. The Labute approximate surface area is 136 Å². The molecule has 0 heterocycles. The van der Waals surface area contributed by atoms with Crippen LogP contribution in [0, 0.1) is 24.7 Å². The SMILES string of the molecule is C#CC(O)/C=C/CCCCCCCCCC/C=C/C(O)C#C. The van der Waals surface area contributed by atoms with E-state index in [1.54, 1.807) is 12.2 Å². The smallest absolute Gasteiger partial charge is 0.133 e. The fourth-order valence-corrected chi connectivity index (χ4v) is 2.15. The van der Waals surface area contributed by atoms with E-state index in [-0.39, 0.29) is 0 Å². The molecule has 0 aromatic carbocycles. The molecule has 2 heteroatoms. The van der Waals surface area contributed by atoms with Gasteiger partial charge in [0.05, 0.1) is 0 Å². The molecule has 2 N–H and O–H groups in total. The maximum Gasteiger partial charge on any atom is 0.133 e. The molecule has 0 aromatic rings. The van der Waals surface area contributed by atoms with Gasteiger partial charge in [0.2, 0.25) is 0 Å². The first kappa shape index (κ1) is 20.5. The lowest BCUT2D eigenvalue weighted by Gasteiger charge is -2.01. The molecule has 0 fully saturated rings. The van der Waals surface area contributed by atoms with Crippen LogP contribution in [0.2, 0.25) is 0 Å². The van der Waals surface area contributed by atoms with Crippen molar-refractivity contribution in [1.29, 1.82) is 0 Å². The minimum absolute atomic E-state index is 0.732. The zero-order valence-corrected chi connectivity index (χ0v) is 13.6. The van der Waals surface area contributed by atoms with Crippen molar-refractivity contribution in [2.45, 2.75) is 76.4 Å². The first-order chi connectivity index (χ1) is 10.7. The summed E-state index contributed by atoms with van der Waals surface area (Å²) in [5, 5.41) is 18.3. The Hall–Kier alpha value is -1.48. The monoisotopic (exact) mass is 302 g/mol. The molecule has 0 saturated carbocycles. The fraction of sp³-hybridized carbons (Fsp3) is 0.600. The minimum atomic E-state index is -0.732. The molecule has 22 heavy (non-hydrogen) atoms. The highest BCUT2D eigenvalue weighted by Crippen LogP contribution is 2.11. The van der Waals surface area contributed by atoms with Crippen molar-refractivity contribution in [1.82, 2.24) is 0 Å². The minimum Gasteiger partial charge on any atom is -0.377 e. The lowest BCUT2D eigenvalue weighted by molar-refractivity contribution is 0.280. The fourth-order valence-electron chi connectivity index (χ4n) is 2.15. The van der Waals surface area contributed by atoms with Crippen molar-refractivity contribution in [2.75, 3.05) is 0 Å². The summed E-state index contributed by atoms with van der Waals surface area (Å²) in [5.74, 6) is 4.52. The Morgan fingerprint density at radius 3 is 1.27 bits per heavy atom. The summed E-state index contributed by atoms with van der Waals surface area (Å²) in [6.45, 7) is 0. The van der Waals surface area contributed by atoms with Crippen LogP contribution in [0.15, 0.2) is 24.3 Å². The third kappa shape index (κ3) is 14.9. The van der Waals surface area contributed by atoms with E-state index in [0.717, 1.165) is 25.7 Å². The van der Waals surface area contributed by atoms with Crippen molar-refractivity contribution < 1.29 is 10.2 Å². The Balaban J connectivity index is 3.22. The van der Waals surface area contributed by atoms with Gasteiger partial charge in [0.1, 0.15) is 12.2 Å². The molecule has 0 aliphatic heterocycles. The maximum absolute atomic E-state index is 9.13. The molecule has 0 amide bonds. The molecule has 0 radical (unpaired) electrons. The first-order valence-corrected chi connectivity index (χ1v) is 8.32. The average Bonchev–Trinajstić information content (AvgIpc) is 2.54. The van der Waals surface area contributed by atoms with Gasteiger partial charge >= 0.3 is 0 Å². The van der Waals surface area contributed by atoms with Crippen molar-refractivity contribution in [3.05, 3.63) is 24.3 Å². The number of hydrogen-bond acceptors (Lipinski definition) is 2. The second-order valence-corrected chi connectivity index (χ2v) is 5.49. The van der Waals surface area contributed by atoms with Crippen molar-refractivity contribution in [3.63, 3.8) is 0 Å². The molecular formula is C20H30O2. The molecule has 0 rings (SSSR count). The lowest BCUT2D eigenvalue weighted by atomic mass is 10.1. The van der Waals surface area contributed by atoms with Crippen LogP contribution in [-0.2, 0) is 0 Å². The van der Waals surface area contributed by atoms with Crippen molar-refractivity contribution in [2.24, 2.45) is 0 Å². The third-order valence-electron chi connectivity index (χ3n) is 3.47. The predicted molar refractivity (Wildman–Crippen MR) is 94.1 cm³/mol. The number of allylic oxidation sites excluding steroid dienone is 2. The van der Waals surface area contributed by atoms with E-state index in [2.05, 4.69) is 11.8 Å². The van der Waals surface area contributed by atoms with Gasteiger partial charge in [0, 0.05) is 0 Å². The number of aliphatic hydroxyl groups is 2. The molecule has 0 aliphatic carbocycles. The van der Waals surface area contributed by atoms with E-state index in [9.17, 15) is 0 Å². The normalized spacial score (nSPS) is 14.0. The van der Waals surface area contributed by atoms with E-state index in [1.807, 2.05) is 12.2 Å². The molecule has 2 unspecified atom stereocenters. The van der Waals surface area contributed by atoms with E-state index in [4.69, 9.17) is 23.1 Å². The van der Waals surface area contributed by atoms with Crippen LogP contribution in [0.3, 0.4) is 0 Å². The first-order valence-electron chi connectivity index (χ1n) is 8.32. The summed E-state index contributed by atoms with van der Waals surface area (Å²) in [6.07, 6.45) is 27.9. The molecule has 0 aliphatic rings. The summed E-state index contributed by atoms with van der Waals surface area (Å²) in [6, 6.07) is 0. The molecule has 0 spiro atoms. The van der Waals surface area contributed by atoms with Gasteiger partial charge in [0.25, 0.3) is 0 Å². The summed E-state index contributed by atoms with van der Waals surface area (Å²) in [7, 11) is 0. The number of hydrogen-bond donors (Lipinski definition) is 2. The predicted octanol–water partition coefficient (Wildman–Crippen LogP) is 3.99. The molecule has 122 valence electrons. The average molecular weight is 302 g/mol. The van der Waals surface area contributed by atoms with Crippen LogP contribution in [0.1, 0.15) is 64.2 Å². The number of rotatable bonds is 13. The summed E-state index contributed by atoms with van der Waals surface area (Å²) < 4.78 is 0. The zero-order chi connectivity index (χ0) is 16.5. The van der Waals surface area contributed by atoms with Crippen LogP contribution in [0.25, 0.3) is 0 Å². The highest BCUT2D eigenvalue weighted by molar-refractivity contribution is 5.06. The van der Waals surface area contributed by atoms with Crippen LogP contribution in [0.4, 0.5) is 0 Å². The number of unbranched alkanes of at least 4 members (excludes halogenated alkanes) is 9. The molecule has 0 aromatic heterocycles. The second kappa shape index (κ2) is 15.9. The summed E-state index contributed by atoms with van der Waals surface area (Å²) >= 11 is 0. The molecule has 2 nitrogen and oxygen atoms in total. The van der Waals surface area contributed by atoms with Gasteiger partial charge in [-0.2, -0.15) is 0 Å². The van der Waals surface area contributed by atoms with E-state index < -0.39 is 12.2 Å². The van der Waals surface area contributed by atoms with Gasteiger partial charge in [-0.25, -0.2) is 0 Å². The van der Waals surface area contributed by atoms with Crippen molar-refractivity contribution in [3.8, 4) is 24.7 Å². The van der Waals surface area contributed by atoms with E-state index in [0.29, 0.717) is 0 Å². The van der Waals surface area contributed by atoms with Gasteiger partial charge in [-0.15, -0.1) is 12.8 Å². The van der Waals surface area contributed by atoms with Crippen molar-refractivity contribution >= 4 is 0 Å². The third-order valence-corrected chi connectivity index (χ3v) is 3.47. The zero-order valence-electron chi connectivity index (χ0n) is 13.6. The Morgan fingerprint density at radius 1 is 0.636 bits per heavy atom. The van der Waals surface area contributed by atoms with E-state index >= 15 is 0 Å². The Morgan fingerprint density at radius 2 is 0.955 bits per heavy atom. The Bertz CT molecular complexity index is 343. The Kier molecular flexibility index (Phi) is 14.8. The summed E-state index contributed by atoms with van der Waals surface area (Å²) in [5.41, 5.74) is 0.